The van der Waals surface area contributed by atoms with Gasteiger partial charge in [-0.15, -0.1) is 0 Å². The minimum Gasteiger partial charge on any atom is -0.385 e. The second kappa shape index (κ2) is 3.50. The lowest BCUT2D eigenvalue weighted by Gasteiger charge is -2.25. The lowest BCUT2D eigenvalue weighted by atomic mass is 9.89. The van der Waals surface area contributed by atoms with E-state index in [1.54, 1.807) is 0 Å². The molecule has 0 unspecified atom stereocenters. The molecule has 2 rings (SSSR count). The van der Waals surface area contributed by atoms with Crippen LogP contribution in [-0.2, 0) is 5.60 Å². The molecule has 1 nitrogen and oxygen atoms in total. The molecule has 0 radical (unpaired) electrons. The summed E-state index contributed by atoms with van der Waals surface area (Å²) >= 11 is 6.11. The van der Waals surface area contributed by atoms with E-state index < -0.39 is 5.60 Å². The van der Waals surface area contributed by atoms with Crippen molar-refractivity contribution in [2.45, 2.75) is 39.2 Å². The van der Waals surface area contributed by atoms with Gasteiger partial charge in [-0.05, 0) is 56.2 Å². The molecule has 0 bridgehead atoms. The fourth-order valence-electron chi connectivity index (χ4n) is 2.12. The molecule has 1 atom stereocenters. The van der Waals surface area contributed by atoms with Gasteiger partial charge in [-0.3, -0.25) is 0 Å². The van der Waals surface area contributed by atoms with Crippen LogP contribution in [0.2, 0.25) is 5.02 Å². The molecule has 0 heterocycles. The van der Waals surface area contributed by atoms with E-state index >= 15 is 0 Å². The number of hydrogen-bond acceptors (Lipinski definition) is 1. The van der Waals surface area contributed by atoms with Crippen LogP contribution in [0.15, 0.2) is 12.1 Å². The number of halogens is 1. The van der Waals surface area contributed by atoms with Crippen molar-refractivity contribution in [2.75, 3.05) is 0 Å². The van der Waals surface area contributed by atoms with Crippen LogP contribution in [0, 0.1) is 19.8 Å². The molecule has 15 heavy (non-hydrogen) atoms. The smallest absolute Gasteiger partial charge is 0.0896 e. The minimum atomic E-state index is -0.680. The van der Waals surface area contributed by atoms with Gasteiger partial charge >= 0.3 is 0 Å². The third kappa shape index (κ3) is 1.91. The molecule has 0 aliphatic heterocycles. The Balaban J connectivity index is 2.44. The van der Waals surface area contributed by atoms with E-state index in [0.717, 1.165) is 34.6 Å². The van der Waals surface area contributed by atoms with Crippen LogP contribution in [0.25, 0.3) is 0 Å². The number of benzene rings is 1. The topological polar surface area (TPSA) is 20.2 Å². The third-order valence-electron chi connectivity index (χ3n) is 3.39. The molecule has 82 valence electrons. The van der Waals surface area contributed by atoms with E-state index in [1.807, 2.05) is 32.9 Å². The van der Waals surface area contributed by atoms with Crippen LogP contribution in [0.5, 0.6) is 0 Å². The number of hydrogen-bond donors (Lipinski definition) is 1. The van der Waals surface area contributed by atoms with Crippen molar-refractivity contribution in [3.8, 4) is 0 Å². The summed E-state index contributed by atoms with van der Waals surface area (Å²) in [6, 6.07) is 4.02. The minimum absolute atomic E-state index is 0.428. The van der Waals surface area contributed by atoms with Crippen molar-refractivity contribution in [1.82, 2.24) is 0 Å². The molecule has 1 aromatic rings. The maximum atomic E-state index is 10.4. The summed E-state index contributed by atoms with van der Waals surface area (Å²) in [7, 11) is 0. The summed E-state index contributed by atoms with van der Waals surface area (Å²) in [5.41, 5.74) is 2.42. The van der Waals surface area contributed by atoms with Gasteiger partial charge in [0.1, 0.15) is 0 Å². The first kappa shape index (κ1) is 11.0. The van der Waals surface area contributed by atoms with Crippen molar-refractivity contribution < 1.29 is 5.11 Å². The highest BCUT2D eigenvalue weighted by atomic mass is 35.5. The number of rotatable bonds is 2. The van der Waals surface area contributed by atoms with Crippen LogP contribution < -0.4 is 0 Å². The highest BCUT2D eigenvalue weighted by Gasteiger charge is 2.41. The predicted molar refractivity (Wildman–Crippen MR) is 63.2 cm³/mol. The molecule has 1 saturated carbocycles. The van der Waals surface area contributed by atoms with Gasteiger partial charge in [-0.1, -0.05) is 23.7 Å². The Morgan fingerprint density at radius 1 is 1.27 bits per heavy atom. The standard InChI is InChI=1S/C13H17ClO/c1-8-6-11(7-9(2)12(8)14)13(3,15)10-4-5-10/h6-7,10,15H,4-5H2,1-3H3/t13-/m0/s1. The SMILES string of the molecule is Cc1cc([C@@](C)(O)C2CC2)cc(C)c1Cl. The predicted octanol–water partition coefficient (Wildman–Crippen LogP) is 3.57. The summed E-state index contributed by atoms with van der Waals surface area (Å²) in [6.45, 7) is 5.89. The van der Waals surface area contributed by atoms with Crippen LogP contribution in [0.4, 0.5) is 0 Å². The summed E-state index contributed by atoms with van der Waals surface area (Å²) in [5.74, 6) is 0.428. The molecule has 1 N–H and O–H groups in total. The molecule has 2 heteroatoms. The van der Waals surface area contributed by atoms with Gasteiger partial charge in [0.2, 0.25) is 0 Å². The average molecular weight is 225 g/mol. The summed E-state index contributed by atoms with van der Waals surface area (Å²) in [5, 5.41) is 11.2. The van der Waals surface area contributed by atoms with Gasteiger partial charge in [0, 0.05) is 5.02 Å². The molecule has 1 aliphatic carbocycles. The van der Waals surface area contributed by atoms with Crippen molar-refractivity contribution in [3.05, 3.63) is 33.8 Å². The van der Waals surface area contributed by atoms with Gasteiger partial charge in [0.15, 0.2) is 0 Å². The first-order valence-corrected chi connectivity index (χ1v) is 5.80. The average Bonchev–Trinajstić information content (AvgIpc) is 2.96. The monoisotopic (exact) mass is 224 g/mol. The van der Waals surface area contributed by atoms with Crippen molar-refractivity contribution in [3.63, 3.8) is 0 Å². The zero-order chi connectivity index (χ0) is 11.2. The van der Waals surface area contributed by atoms with Crippen LogP contribution in [0.1, 0.15) is 36.5 Å². The quantitative estimate of drug-likeness (QED) is 0.814. The van der Waals surface area contributed by atoms with Gasteiger partial charge < -0.3 is 5.11 Å². The third-order valence-corrected chi connectivity index (χ3v) is 3.99. The first-order chi connectivity index (χ1) is 6.93. The van der Waals surface area contributed by atoms with E-state index in [9.17, 15) is 5.11 Å². The van der Waals surface area contributed by atoms with E-state index in [0.29, 0.717) is 5.92 Å². The molecule has 0 aromatic heterocycles. The highest BCUT2D eigenvalue weighted by molar-refractivity contribution is 6.32. The van der Waals surface area contributed by atoms with Gasteiger partial charge in [0.05, 0.1) is 5.60 Å². The Morgan fingerprint density at radius 3 is 2.13 bits per heavy atom. The van der Waals surface area contributed by atoms with E-state index in [4.69, 9.17) is 11.6 Å². The molecule has 0 saturated heterocycles. The molecular formula is C13H17ClO. The van der Waals surface area contributed by atoms with Crippen LogP contribution in [0.3, 0.4) is 0 Å². The van der Waals surface area contributed by atoms with Gasteiger partial charge in [-0.2, -0.15) is 0 Å². The molecule has 0 spiro atoms. The van der Waals surface area contributed by atoms with Gasteiger partial charge in [-0.25, -0.2) is 0 Å². The Morgan fingerprint density at radius 2 is 1.73 bits per heavy atom. The van der Waals surface area contributed by atoms with E-state index in [1.165, 1.54) is 0 Å². The Hall–Kier alpha value is -0.530. The first-order valence-electron chi connectivity index (χ1n) is 5.42. The van der Waals surface area contributed by atoms with Crippen LogP contribution >= 0.6 is 11.6 Å². The zero-order valence-corrected chi connectivity index (χ0v) is 10.2. The highest BCUT2D eigenvalue weighted by Crippen LogP contribution is 2.46. The second-order valence-corrected chi connectivity index (χ2v) is 5.22. The van der Waals surface area contributed by atoms with E-state index in [2.05, 4.69) is 0 Å². The molecule has 0 amide bonds. The van der Waals surface area contributed by atoms with Crippen molar-refractivity contribution >= 4 is 11.6 Å². The maximum Gasteiger partial charge on any atom is 0.0896 e. The Kier molecular flexibility index (Phi) is 2.56. The lowest BCUT2D eigenvalue weighted by Crippen LogP contribution is -2.24. The fraction of sp³-hybridized carbons (Fsp3) is 0.538. The Bertz CT molecular complexity index is 369. The van der Waals surface area contributed by atoms with Gasteiger partial charge in [0.25, 0.3) is 0 Å². The van der Waals surface area contributed by atoms with E-state index in [-0.39, 0.29) is 0 Å². The summed E-state index contributed by atoms with van der Waals surface area (Å²) in [6.07, 6.45) is 2.27. The van der Waals surface area contributed by atoms with Crippen molar-refractivity contribution in [1.29, 1.82) is 0 Å². The maximum absolute atomic E-state index is 10.4. The molecule has 1 aliphatic rings. The Labute approximate surface area is 96.1 Å². The summed E-state index contributed by atoms with van der Waals surface area (Å²) in [4.78, 5) is 0. The number of aryl methyl sites for hydroxylation is 2. The largest absolute Gasteiger partial charge is 0.385 e. The molecule has 1 aromatic carbocycles. The zero-order valence-electron chi connectivity index (χ0n) is 9.47. The molecule has 1 fully saturated rings. The van der Waals surface area contributed by atoms with Crippen LogP contribution in [-0.4, -0.2) is 5.11 Å². The molecular weight excluding hydrogens is 208 g/mol. The lowest BCUT2D eigenvalue weighted by molar-refractivity contribution is 0.0330. The normalized spacial score (nSPS) is 20.1. The van der Waals surface area contributed by atoms with Crippen molar-refractivity contribution in [2.24, 2.45) is 5.92 Å². The number of aliphatic hydroxyl groups is 1. The second-order valence-electron chi connectivity index (χ2n) is 4.85. The fourth-order valence-corrected chi connectivity index (χ4v) is 2.23. The summed E-state index contributed by atoms with van der Waals surface area (Å²) < 4.78 is 0.